The number of thiazole rings is 1. The molecule has 36 heavy (non-hydrogen) atoms. The molecule has 0 saturated carbocycles. The maximum Gasteiger partial charge on any atom is 0.260 e. The number of amides is 1. The summed E-state index contributed by atoms with van der Waals surface area (Å²) in [6.07, 6.45) is 2.87. The van der Waals surface area contributed by atoms with E-state index in [1.54, 1.807) is 33.5 Å². The lowest BCUT2D eigenvalue weighted by molar-refractivity contribution is 0.0985. The van der Waals surface area contributed by atoms with Gasteiger partial charge in [0.2, 0.25) is 10.0 Å². The molecular formula is C26H35ClN4O3S2. The van der Waals surface area contributed by atoms with Crippen molar-refractivity contribution >= 4 is 55.0 Å². The van der Waals surface area contributed by atoms with Crippen LogP contribution in [0.15, 0.2) is 47.4 Å². The second-order valence-corrected chi connectivity index (χ2v) is 12.5. The number of nitrogens with zero attached hydrogens (tertiary/aromatic N) is 4. The Morgan fingerprint density at radius 3 is 2.50 bits per heavy atom. The van der Waals surface area contributed by atoms with Crippen LogP contribution in [0.4, 0.5) is 5.13 Å². The van der Waals surface area contributed by atoms with Crippen LogP contribution < -0.4 is 4.90 Å². The highest BCUT2D eigenvalue weighted by Crippen LogP contribution is 2.31. The number of rotatable bonds is 8. The molecule has 10 heteroatoms. The normalized spacial score (nSPS) is 16.8. The second kappa shape index (κ2) is 12.0. The van der Waals surface area contributed by atoms with Crippen molar-refractivity contribution < 1.29 is 13.2 Å². The molecule has 1 saturated heterocycles. The SMILES string of the molecule is CCc1ccc2nc(N(CCN(C)C)C(=O)c3ccc(S(=O)(=O)N4CCCC(C)C4)cc3)sc2c1.Cl. The number of aryl methyl sites for hydroxylation is 1. The van der Waals surface area contributed by atoms with Crippen LogP contribution in [0.1, 0.15) is 42.6 Å². The first kappa shape index (κ1) is 28.5. The van der Waals surface area contributed by atoms with Crippen LogP contribution >= 0.6 is 23.7 Å². The van der Waals surface area contributed by atoms with E-state index in [1.807, 2.05) is 25.1 Å². The van der Waals surface area contributed by atoms with Crippen LogP contribution in [0.2, 0.25) is 0 Å². The van der Waals surface area contributed by atoms with Gasteiger partial charge in [-0.3, -0.25) is 9.69 Å². The summed E-state index contributed by atoms with van der Waals surface area (Å²) in [6, 6.07) is 12.5. The third-order valence-electron chi connectivity index (χ3n) is 6.46. The van der Waals surface area contributed by atoms with E-state index in [4.69, 9.17) is 4.98 Å². The zero-order chi connectivity index (χ0) is 25.2. The molecule has 2 aromatic carbocycles. The van der Waals surface area contributed by atoms with E-state index in [9.17, 15) is 13.2 Å². The minimum atomic E-state index is -3.56. The predicted molar refractivity (Wildman–Crippen MR) is 150 cm³/mol. The molecule has 0 N–H and O–H groups in total. The molecule has 3 aromatic rings. The van der Waals surface area contributed by atoms with Crippen LogP contribution in [0.5, 0.6) is 0 Å². The van der Waals surface area contributed by atoms with Crippen LogP contribution in [0, 0.1) is 5.92 Å². The number of carbonyl (C=O) groups is 1. The number of fused-ring (bicyclic) bond motifs is 1. The number of aromatic nitrogens is 1. The molecule has 4 rings (SSSR count). The highest BCUT2D eigenvalue weighted by atomic mass is 35.5. The number of likely N-dealkylation sites (N-methyl/N-ethyl adjacent to an activating group) is 1. The Labute approximate surface area is 224 Å². The summed E-state index contributed by atoms with van der Waals surface area (Å²) in [5.74, 6) is 0.170. The van der Waals surface area contributed by atoms with E-state index in [0.717, 1.165) is 29.5 Å². The van der Waals surface area contributed by atoms with E-state index in [2.05, 4.69) is 26.0 Å². The Kier molecular flexibility index (Phi) is 9.51. The maximum atomic E-state index is 13.6. The Balaban J connectivity index is 0.00000361. The lowest BCUT2D eigenvalue weighted by atomic mass is 10.0. The summed E-state index contributed by atoms with van der Waals surface area (Å²) in [4.78, 5) is 22.3. The molecule has 1 fully saturated rings. The zero-order valence-electron chi connectivity index (χ0n) is 21.3. The molecule has 0 bridgehead atoms. The highest BCUT2D eigenvalue weighted by molar-refractivity contribution is 7.89. The summed E-state index contributed by atoms with van der Waals surface area (Å²) in [5, 5.41) is 0.652. The van der Waals surface area contributed by atoms with Crippen LogP contribution in [-0.2, 0) is 16.4 Å². The van der Waals surface area contributed by atoms with Gasteiger partial charge >= 0.3 is 0 Å². The van der Waals surface area contributed by atoms with Crippen LogP contribution in [0.25, 0.3) is 10.2 Å². The average molecular weight is 551 g/mol. The van der Waals surface area contributed by atoms with Gasteiger partial charge in [-0.2, -0.15) is 4.31 Å². The van der Waals surface area contributed by atoms with Gasteiger partial charge in [0.05, 0.1) is 15.1 Å². The van der Waals surface area contributed by atoms with Gasteiger partial charge in [0.1, 0.15) is 0 Å². The summed E-state index contributed by atoms with van der Waals surface area (Å²) >= 11 is 1.51. The molecule has 2 heterocycles. The predicted octanol–water partition coefficient (Wildman–Crippen LogP) is 4.91. The van der Waals surface area contributed by atoms with E-state index < -0.39 is 10.0 Å². The Bertz CT molecular complexity index is 1290. The van der Waals surface area contributed by atoms with Crippen molar-refractivity contribution in [1.29, 1.82) is 0 Å². The van der Waals surface area contributed by atoms with E-state index in [1.165, 1.54) is 16.9 Å². The van der Waals surface area contributed by atoms with E-state index in [0.29, 0.717) is 42.8 Å². The molecule has 7 nitrogen and oxygen atoms in total. The fraction of sp³-hybridized carbons (Fsp3) is 0.462. The largest absolute Gasteiger partial charge is 0.308 e. The minimum absolute atomic E-state index is 0. The lowest BCUT2D eigenvalue weighted by Crippen LogP contribution is -2.39. The molecule has 1 unspecified atom stereocenters. The van der Waals surface area contributed by atoms with Gasteiger partial charge in [-0.15, -0.1) is 12.4 Å². The number of sulfonamides is 1. The smallest absolute Gasteiger partial charge is 0.260 e. The number of halogens is 1. The van der Waals surface area contributed by atoms with Gasteiger partial charge in [0, 0.05) is 31.7 Å². The molecule has 196 valence electrons. The number of benzene rings is 2. The fourth-order valence-corrected chi connectivity index (χ4v) is 6.97. The molecule has 0 radical (unpaired) electrons. The third kappa shape index (κ3) is 6.26. The van der Waals surface area contributed by atoms with E-state index in [-0.39, 0.29) is 23.2 Å². The third-order valence-corrected chi connectivity index (χ3v) is 9.38. The van der Waals surface area contributed by atoms with Crippen molar-refractivity contribution in [1.82, 2.24) is 14.2 Å². The number of carbonyl (C=O) groups excluding carboxylic acids is 1. The summed E-state index contributed by atoms with van der Waals surface area (Å²) in [6.45, 7) is 6.45. The molecule has 1 aromatic heterocycles. The molecule has 1 aliphatic rings. The highest BCUT2D eigenvalue weighted by Gasteiger charge is 2.29. The first-order chi connectivity index (χ1) is 16.7. The molecule has 1 atom stereocenters. The fourth-order valence-electron chi connectivity index (χ4n) is 4.32. The van der Waals surface area contributed by atoms with Crippen molar-refractivity contribution in [3.8, 4) is 0 Å². The van der Waals surface area contributed by atoms with Gasteiger partial charge in [-0.1, -0.05) is 31.3 Å². The van der Waals surface area contributed by atoms with Gasteiger partial charge in [-0.25, -0.2) is 13.4 Å². The Hall–Kier alpha value is -2.04. The quantitative estimate of drug-likeness (QED) is 0.398. The number of hydrogen-bond donors (Lipinski definition) is 0. The molecule has 1 aliphatic heterocycles. The Morgan fingerprint density at radius 2 is 1.86 bits per heavy atom. The van der Waals surface area contributed by atoms with E-state index >= 15 is 0 Å². The second-order valence-electron chi connectivity index (χ2n) is 9.55. The lowest BCUT2D eigenvalue weighted by Gasteiger charge is -2.30. The van der Waals surface area contributed by atoms with Crippen LogP contribution in [0.3, 0.4) is 0 Å². The average Bonchev–Trinajstić information content (AvgIpc) is 3.26. The van der Waals surface area contributed by atoms with Gasteiger partial charge in [0.15, 0.2) is 5.13 Å². The van der Waals surface area contributed by atoms with Crippen molar-refractivity contribution in [2.24, 2.45) is 5.92 Å². The Morgan fingerprint density at radius 1 is 1.14 bits per heavy atom. The van der Waals surface area contributed by atoms with Gasteiger partial charge in [0.25, 0.3) is 5.91 Å². The van der Waals surface area contributed by atoms with Crippen molar-refractivity contribution in [2.45, 2.75) is 38.0 Å². The first-order valence-electron chi connectivity index (χ1n) is 12.2. The number of anilines is 1. The monoisotopic (exact) mass is 550 g/mol. The van der Waals surface area contributed by atoms with Gasteiger partial charge in [-0.05, 0) is 81.2 Å². The van der Waals surface area contributed by atoms with Gasteiger partial charge < -0.3 is 4.90 Å². The topological polar surface area (TPSA) is 73.8 Å². The summed E-state index contributed by atoms with van der Waals surface area (Å²) < 4.78 is 28.8. The summed E-state index contributed by atoms with van der Waals surface area (Å²) in [5.41, 5.74) is 2.56. The number of hydrogen-bond acceptors (Lipinski definition) is 6. The van der Waals surface area contributed by atoms with Crippen molar-refractivity contribution in [3.05, 3.63) is 53.6 Å². The maximum absolute atomic E-state index is 13.6. The van der Waals surface area contributed by atoms with Crippen molar-refractivity contribution in [3.63, 3.8) is 0 Å². The molecule has 1 amide bonds. The number of piperidine rings is 1. The standard InChI is InChI=1S/C26H34N4O3S2.ClH/c1-5-20-8-13-23-24(17-20)34-26(27-23)30(16-15-28(3)4)25(31)21-9-11-22(12-10-21)35(32,33)29-14-6-7-19(2)18-29;/h8-13,17,19H,5-7,14-16,18H2,1-4H3;1H. The summed E-state index contributed by atoms with van der Waals surface area (Å²) in [7, 11) is 0.372. The molecule has 0 aliphatic carbocycles. The van der Waals surface area contributed by atoms with Crippen molar-refractivity contribution in [2.75, 3.05) is 45.2 Å². The zero-order valence-corrected chi connectivity index (χ0v) is 23.8. The molecular weight excluding hydrogens is 516 g/mol. The molecule has 0 spiro atoms. The first-order valence-corrected chi connectivity index (χ1v) is 14.4. The van der Waals surface area contributed by atoms with Crippen LogP contribution in [-0.4, -0.2) is 68.8 Å². The minimum Gasteiger partial charge on any atom is -0.308 e.